The highest BCUT2D eigenvalue weighted by Crippen LogP contribution is 2.23. The second-order valence-electron chi connectivity index (χ2n) is 7.08. The van der Waals surface area contributed by atoms with Gasteiger partial charge in [0.15, 0.2) is 0 Å². The number of rotatable bonds is 6. The van der Waals surface area contributed by atoms with Crippen molar-refractivity contribution in [1.82, 2.24) is 4.90 Å². The molecule has 132 valence electrons. The number of carbonyl (C=O) groups is 1. The third kappa shape index (κ3) is 4.50. The van der Waals surface area contributed by atoms with Gasteiger partial charge in [-0.15, -0.1) is 0 Å². The first-order chi connectivity index (χ1) is 11.7. The molecule has 24 heavy (non-hydrogen) atoms. The van der Waals surface area contributed by atoms with Crippen molar-refractivity contribution in [2.24, 2.45) is 0 Å². The van der Waals surface area contributed by atoms with E-state index in [2.05, 4.69) is 11.8 Å². The molecule has 3 rings (SSSR count). The zero-order chi connectivity index (χ0) is 16.8. The van der Waals surface area contributed by atoms with Crippen molar-refractivity contribution >= 4 is 11.6 Å². The summed E-state index contributed by atoms with van der Waals surface area (Å²) in [6.45, 7) is 6.27. The van der Waals surface area contributed by atoms with Gasteiger partial charge in [-0.05, 0) is 69.8 Å². The molecule has 1 amide bonds. The Labute approximate surface area is 145 Å². The van der Waals surface area contributed by atoms with Crippen LogP contribution in [0.3, 0.4) is 0 Å². The second-order valence-corrected chi connectivity index (χ2v) is 7.08. The van der Waals surface area contributed by atoms with Crippen molar-refractivity contribution in [1.29, 1.82) is 0 Å². The molecule has 0 aromatic heterocycles. The lowest BCUT2D eigenvalue weighted by Crippen LogP contribution is -2.29. The van der Waals surface area contributed by atoms with Crippen molar-refractivity contribution in [2.75, 3.05) is 31.1 Å². The molecule has 0 radical (unpaired) electrons. The highest BCUT2D eigenvalue weighted by atomic mass is 16.5. The minimum absolute atomic E-state index is 0.251. The topological polar surface area (TPSA) is 32.8 Å². The monoisotopic (exact) mass is 330 g/mol. The molecule has 1 atom stereocenters. The van der Waals surface area contributed by atoms with E-state index >= 15 is 0 Å². The van der Waals surface area contributed by atoms with Gasteiger partial charge in [-0.3, -0.25) is 4.79 Å². The molecule has 0 aliphatic carbocycles. The van der Waals surface area contributed by atoms with Crippen LogP contribution in [-0.2, 0) is 4.79 Å². The summed E-state index contributed by atoms with van der Waals surface area (Å²) in [4.78, 5) is 16.6. The molecule has 2 aliphatic rings. The van der Waals surface area contributed by atoms with Crippen molar-refractivity contribution in [3.63, 3.8) is 0 Å². The summed E-state index contributed by atoms with van der Waals surface area (Å²) < 4.78 is 5.86. The van der Waals surface area contributed by atoms with Crippen LogP contribution in [0.5, 0.6) is 5.75 Å². The second kappa shape index (κ2) is 8.52. The Kier molecular flexibility index (Phi) is 6.13. The fourth-order valence-electron chi connectivity index (χ4n) is 3.76. The van der Waals surface area contributed by atoms with E-state index < -0.39 is 0 Å². The first kappa shape index (κ1) is 17.3. The minimum atomic E-state index is 0.251. The van der Waals surface area contributed by atoms with Crippen molar-refractivity contribution in [3.05, 3.63) is 24.3 Å². The number of amides is 1. The lowest BCUT2D eigenvalue weighted by atomic mass is 10.2. The van der Waals surface area contributed by atoms with Crippen LogP contribution in [0.1, 0.15) is 51.9 Å². The average Bonchev–Trinajstić information content (AvgIpc) is 2.87. The predicted molar refractivity (Wildman–Crippen MR) is 97.6 cm³/mol. The third-order valence-electron chi connectivity index (χ3n) is 5.27. The van der Waals surface area contributed by atoms with Crippen LogP contribution in [-0.4, -0.2) is 43.1 Å². The molecular formula is C20H30N2O2. The number of anilines is 1. The summed E-state index contributed by atoms with van der Waals surface area (Å²) in [6.07, 6.45) is 7.67. The van der Waals surface area contributed by atoms with Crippen molar-refractivity contribution in [2.45, 2.75) is 57.9 Å². The molecular weight excluding hydrogens is 300 g/mol. The van der Waals surface area contributed by atoms with E-state index in [-0.39, 0.29) is 5.91 Å². The lowest BCUT2D eigenvalue weighted by molar-refractivity contribution is -0.118. The SMILES string of the molecule is C[C@@H]1CCCN1CCCOc1ccc(N2CCCCCC2=O)cc1. The molecule has 1 aromatic rings. The fourth-order valence-corrected chi connectivity index (χ4v) is 3.76. The highest BCUT2D eigenvalue weighted by molar-refractivity contribution is 5.93. The van der Waals surface area contributed by atoms with E-state index in [9.17, 15) is 4.79 Å². The molecule has 0 saturated carbocycles. The van der Waals surface area contributed by atoms with E-state index in [0.29, 0.717) is 6.42 Å². The third-order valence-corrected chi connectivity index (χ3v) is 5.27. The van der Waals surface area contributed by atoms with Gasteiger partial charge in [0.1, 0.15) is 5.75 Å². The quantitative estimate of drug-likeness (QED) is 0.743. The number of hydrogen-bond acceptors (Lipinski definition) is 3. The molecule has 4 heteroatoms. The van der Waals surface area contributed by atoms with E-state index in [1.54, 1.807) is 0 Å². The number of likely N-dealkylation sites (tertiary alicyclic amines) is 1. The van der Waals surface area contributed by atoms with E-state index in [1.807, 2.05) is 29.2 Å². The maximum Gasteiger partial charge on any atom is 0.226 e. The van der Waals surface area contributed by atoms with Gasteiger partial charge in [-0.25, -0.2) is 0 Å². The zero-order valence-electron chi connectivity index (χ0n) is 14.9. The first-order valence-electron chi connectivity index (χ1n) is 9.51. The summed E-state index contributed by atoms with van der Waals surface area (Å²) in [5.74, 6) is 1.15. The summed E-state index contributed by atoms with van der Waals surface area (Å²) >= 11 is 0. The molecule has 1 aromatic carbocycles. The normalized spacial score (nSPS) is 22.6. The average molecular weight is 330 g/mol. The van der Waals surface area contributed by atoms with Crippen molar-refractivity contribution in [3.8, 4) is 5.75 Å². The molecule has 0 unspecified atom stereocenters. The van der Waals surface area contributed by atoms with Crippen LogP contribution >= 0.6 is 0 Å². The van der Waals surface area contributed by atoms with Crippen LogP contribution in [0, 0.1) is 0 Å². The molecule has 2 heterocycles. The highest BCUT2D eigenvalue weighted by Gasteiger charge is 2.19. The predicted octanol–water partition coefficient (Wildman–Crippen LogP) is 3.85. The fraction of sp³-hybridized carbons (Fsp3) is 0.650. The van der Waals surface area contributed by atoms with E-state index in [0.717, 1.165) is 62.9 Å². The van der Waals surface area contributed by atoms with Gasteiger partial charge in [0.25, 0.3) is 0 Å². The molecule has 0 bridgehead atoms. The van der Waals surface area contributed by atoms with Crippen molar-refractivity contribution < 1.29 is 9.53 Å². The number of benzene rings is 1. The van der Waals surface area contributed by atoms with Crippen LogP contribution in [0.25, 0.3) is 0 Å². The molecule has 0 N–H and O–H groups in total. The summed E-state index contributed by atoms with van der Waals surface area (Å²) in [7, 11) is 0. The summed E-state index contributed by atoms with van der Waals surface area (Å²) in [5.41, 5.74) is 1.00. The number of hydrogen-bond donors (Lipinski definition) is 0. The largest absolute Gasteiger partial charge is 0.494 e. The van der Waals surface area contributed by atoms with E-state index in [4.69, 9.17) is 4.74 Å². The molecule has 2 saturated heterocycles. The Hall–Kier alpha value is -1.55. The Bertz CT molecular complexity index is 529. The Morgan fingerprint density at radius 2 is 1.92 bits per heavy atom. The van der Waals surface area contributed by atoms with Crippen LogP contribution in [0.4, 0.5) is 5.69 Å². The summed E-state index contributed by atoms with van der Waals surface area (Å²) in [5, 5.41) is 0. The van der Waals surface area contributed by atoms with Gasteiger partial charge in [0.2, 0.25) is 5.91 Å². The van der Waals surface area contributed by atoms with Gasteiger partial charge in [0.05, 0.1) is 6.61 Å². The number of carbonyl (C=O) groups excluding carboxylic acids is 1. The molecule has 0 spiro atoms. The maximum absolute atomic E-state index is 12.2. The van der Waals surface area contributed by atoms with Gasteiger partial charge < -0.3 is 14.5 Å². The van der Waals surface area contributed by atoms with Gasteiger partial charge in [0, 0.05) is 31.2 Å². The Morgan fingerprint density at radius 1 is 1.08 bits per heavy atom. The smallest absolute Gasteiger partial charge is 0.226 e. The Morgan fingerprint density at radius 3 is 2.67 bits per heavy atom. The van der Waals surface area contributed by atoms with Crippen LogP contribution in [0.15, 0.2) is 24.3 Å². The first-order valence-corrected chi connectivity index (χ1v) is 9.51. The van der Waals surface area contributed by atoms with Crippen LogP contribution < -0.4 is 9.64 Å². The van der Waals surface area contributed by atoms with E-state index in [1.165, 1.54) is 19.4 Å². The molecule has 2 fully saturated rings. The van der Waals surface area contributed by atoms with Gasteiger partial charge >= 0.3 is 0 Å². The van der Waals surface area contributed by atoms with Gasteiger partial charge in [-0.2, -0.15) is 0 Å². The number of nitrogens with zero attached hydrogens (tertiary/aromatic N) is 2. The Balaban J connectivity index is 1.45. The maximum atomic E-state index is 12.2. The summed E-state index contributed by atoms with van der Waals surface area (Å²) in [6, 6.07) is 8.75. The molecule has 4 nitrogen and oxygen atoms in total. The standard InChI is InChI=1S/C20H30N2O2/c1-17-7-5-13-21(17)14-6-16-24-19-11-9-18(10-12-19)22-15-4-2-3-8-20(22)23/h9-12,17H,2-8,13-16H2,1H3/t17-/m1/s1. The number of ether oxygens (including phenoxy) is 1. The lowest BCUT2D eigenvalue weighted by Gasteiger charge is -2.21. The van der Waals surface area contributed by atoms with Gasteiger partial charge in [-0.1, -0.05) is 6.42 Å². The van der Waals surface area contributed by atoms with Crippen LogP contribution in [0.2, 0.25) is 0 Å². The molecule has 2 aliphatic heterocycles. The zero-order valence-corrected chi connectivity index (χ0v) is 14.9. The minimum Gasteiger partial charge on any atom is -0.494 e.